The SMILES string of the molecule is CC1(C)CC(Nc2c([N+](=O)[O-])cc([N+](=O)[O-])c(O)c2[N+](=O)[O-])CC(C)(C)N1O. The minimum atomic E-state index is -1.26. The third kappa shape index (κ3) is 3.66. The molecule has 0 saturated carbocycles. The fraction of sp³-hybridized carbons (Fsp3) is 0.600. The smallest absolute Gasteiger partial charge is 0.348 e. The van der Waals surface area contributed by atoms with Crippen LogP contribution in [-0.2, 0) is 0 Å². The molecule has 0 unspecified atom stereocenters. The number of aromatic hydroxyl groups is 1. The summed E-state index contributed by atoms with van der Waals surface area (Å²) in [7, 11) is 0. The van der Waals surface area contributed by atoms with Crippen LogP contribution in [0.1, 0.15) is 40.5 Å². The molecule has 13 nitrogen and oxygen atoms in total. The van der Waals surface area contributed by atoms with E-state index in [0.717, 1.165) is 5.06 Å². The number of hydrogen-bond acceptors (Lipinski definition) is 10. The summed E-state index contributed by atoms with van der Waals surface area (Å²) in [6.45, 7) is 6.94. The summed E-state index contributed by atoms with van der Waals surface area (Å²) in [6.07, 6.45) is 0.526. The van der Waals surface area contributed by atoms with E-state index in [0.29, 0.717) is 6.07 Å². The molecule has 1 fully saturated rings. The first-order valence-corrected chi connectivity index (χ1v) is 8.28. The molecular formula is C15H21N5O8. The number of nitro groups is 3. The van der Waals surface area contributed by atoms with Crippen LogP contribution >= 0.6 is 0 Å². The normalized spacial score (nSPS) is 19.2. The van der Waals surface area contributed by atoms with Gasteiger partial charge in [0.2, 0.25) is 0 Å². The van der Waals surface area contributed by atoms with Crippen molar-refractivity contribution in [3.63, 3.8) is 0 Å². The molecule has 1 aliphatic rings. The number of hydrogen-bond donors (Lipinski definition) is 3. The van der Waals surface area contributed by atoms with E-state index in [-0.39, 0.29) is 12.8 Å². The topological polar surface area (TPSA) is 185 Å². The molecule has 13 heteroatoms. The van der Waals surface area contributed by atoms with Crippen molar-refractivity contribution in [1.82, 2.24) is 5.06 Å². The second kappa shape index (κ2) is 6.83. The second-order valence-corrected chi connectivity index (χ2v) is 7.94. The van der Waals surface area contributed by atoms with E-state index >= 15 is 0 Å². The van der Waals surface area contributed by atoms with Gasteiger partial charge in [0.15, 0.2) is 5.69 Å². The Balaban J connectivity index is 2.62. The molecule has 2 rings (SSSR count). The molecular weight excluding hydrogens is 378 g/mol. The van der Waals surface area contributed by atoms with Crippen LogP contribution in [0.15, 0.2) is 6.07 Å². The van der Waals surface area contributed by atoms with Gasteiger partial charge in [-0.1, -0.05) is 0 Å². The van der Waals surface area contributed by atoms with Gasteiger partial charge >= 0.3 is 17.1 Å². The maximum atomic E-state index is 11.5. The van der Waals surface area contributed by atoms with Crippen LogP contribution in [0.3, 0.4) is 0 Å². The lowest BCUT2D eigenvalue weighted by Gasteiger charge is -2.51. The first kappa shape index (κ1) is 21.2. The third-order valence-corrected chi connectivity index (χ3v) is 4.80. The van der Waals surface area contributed by atoms with E-state index < -0.39 is 60.4 Å². The van der Waals surface area contributed by atoms with E-state index in [2.05, 4.69) is 5.32 Å². The van der Waals surface area contributed by atoms with Crippen molar-refractivity contribution in [1.29, 1.82) is 0 Å². The Morgan fingerprint density at radius 3 is 1.86 bits per heavy atom. The van der Waals surface area contributed by atoms with E-state index in [4.69, 9.17) is 0 Å². The number of hydroxylamine groups is 2. The summed E-state index contributed by atoms with van der Waals surface area (Å²) < 4.78 is 0. The van der Waals surface area contributed by atoms with Crippen LogP contribution in [0.25, 0.3) is 0 Å². The summed E-state index contributed by atoms with van der Waals surface area (Å²) in [5.74, 6) is -1.26. The molecule has 1 aliphatic heterocycles. The molecule has 28 heavy (non-hydrogen) atoms. The van der Waals surface area contributed by atoms with Crippen molar-refractivity contribution in [2.45, 2.75) is 57.7 Å². The van der Waals surface area contributed by atoms with E-state index in [1.807, 2.05) is 0 Å². The second-order valence-electron chi connectivity index (χ2n) is 7.94. The summed E-state index contributed by atoms with van der Waals surface area (Å²) in [4.78, 5) is 30.7. The highest BCUT2D eigenvalue weighted by atomic mass is 16.6. The van der Waals surface area contributed by atoms with Gasteiger partial charge in [0.1, 0.15) is 6.07 Å². The number of benzene rings is 1. The van der Waals surface area contributed by atoms with Crippen molar-refractivity contribution in [3.05, 3.63) is 36.4 Å². The quantitative estimate of drug-likeness (QED) is 0.491. The monoisotopic (exact) mass is 399 g/mol. The fourth-order valence-corrected chi connectivity index (χ4v) is 3.81. The zero-order valence-corrected chi connectivity index (χ0v) is 15.7. The Morgan fingerprint density at radius 2 is 1.46 bits per heavy atom. The van der Waals surface area contributed by atoms with Gasteiger partial charge in [0.05, 0.1) is 14.8 Å². The summed E-state index contributed by atoms with van der Waals surface area (Å²) >= 11 is 0. The molecule has 1 saturated heterocycles. The van der Waals surface area contributed by atoms with Gasteiger partial charge in [0, 0.05) is 17.1 Å². The molecule has 0 aromatic heterocycles. The number of nitrogens with zero attached hydrogens (tertiary/aromatic N) is 4. The number of nitro benzene ring substituents is 3. The Kier molecular flexibility index (Phi) is 5.18. The van der Waals surface area contributed by atoms with Gasteiger partial charge in [0.25, 0.3) is 5.75 Å². The van der Waals surface area contributed by atoms with Crippen LogP contribution in [-0.4, -0.2) is 47.3 Å². The molecule has 0 radical (unpaired) electrons. The first-order valence-electron chi connectivity index (χ1n) is 8.28. The standard InChI is InChI=1S/C15H21N5O8/c1-14(2)6-8(7-15(3,4)20(14)28)16-11-9(17(22)23)5-10(18(24)25)13(21)12(11)19(26)27/h5,8,16,21,28H,6-7H2,1-4H3. The number of nitrogens with one attached hydrogen (secondary N) is 1. The van der Waals surface area contributed by atoms with E-state index in [1.165, 1.54) is 0 Å². The Labute approximate surface area is 159 Å². The van der Waals surface area contributed by atoms with E-state index in [1.54, 1.807) is 27.7 Å². The van der Waals surface area contributed by atoms with E-state index in [9.17, 15) is 40.7 Å². The van der Waals surface area contributed by atoms with Crippen LogP contribution in [0.2, 0.25) is 0 Å². The average molecular weight is 399 g/mol. The van der Waals surface area contributed by atoms with Gasteiger partial charge in [-0.3, -0.25) is 30.3 Å². The third-order valence-electron chi connectivity index (χ3n) is 4.80. The highest BCUT2D eigenvalue weighted by Crippen LogP contribution is 2.48. The molecule has 0 atom stereocenters. The minimum absolute atomic E-state index is 0.263. The number of phenols is 1. The van der Waals surface area contributed by atoms with Crippen LogP contribution in [0.5, 0.6) is 5.75 Å². The van der Waals surface area contributed by atoms with Gasteiger partial charge in [-0.25, -0.2) is 0 Å². The summed E-state index contributed by atoms with van der Waals surface area (Å²) in [6, 6.07) is -0.0612. The zero-order chi connectivity index (χ0) is 21.6. The first-order chi connectivity index (χ1) is 12.7. The molecule has 3 N–H and O–H groups in total. The lowest BCUT2D eigenvalue weighted by Crippen LogP contribution is -2.61. The van der Waals surface area contributed by atoms with Crippen molar-refractivity contribution in [2.24, 2.45) is 0 Å². The molecule has 1 aromatic carbocycles. The molecule has 154 valence electrons. The summed E-state index contributed by atoms with van der Waals surface area (Å²) in [5.41, 5.74) is -5.28. The van der Waals surface area contributed by atoms with Crippen LogP contribution in [0.4, 0.5) is 22.7 Å². The van der Waals surface area contributed by atoms with Crippen molar-refractivity contribution >= 4 is 22.7 Å². The molecule has 1 heterocycles. The molecule has 0 bridgehead atoms. The highest BCUT2D eigenvalue weighted by Gasteiger charge is 2.46. The number of rotatable bonds is 5. The molecule has 1 aromatic rings. The lowest BCUT2D eigenvalue weighted by atomic mass is 9.79. The zero-order valence-electron chi connectivity index (χ0n) is 15.7. The van der Waals surface area contributed by atoms with Gasteiger partial charge in [-0.15, -0.1) is 0 Å². The average Bonchev–Trinajstić information content (AvgIpc) is 2.51. The number of anilines is 1. The van der Waals surface area contributed by atoms with Crippen molar-refractivity contribution in [2.75, 3.05) is 5.32 Å². The molecule has 0 amide bonds. The molecule has 0 aliphatic carbocycles. The maximum Gasteiger partial charge on any atom is 0.348 e. The van der Waals surface area contributed by atoms with Crippen LogP contribution in [0, 0.1) is 30.3 Å². The van der Waals surface area contributed by atoms with Crippen LogP contribution < -0.4 is 5.32 Å². The highest BCUT2D eigenvalue weighted by molar-refractivity contribution is 5.83. The fourth-order valence-electron chi connectivity index (χ4n) is 3.81. The molecule has 0 spiro atoms. The number of piperidine rings is 1. The Morgan fingerprint density at radius 1 is 1.00 bits per heavy atom. The van der Waals surface area contributed by atoms with Gasteiger partial charge in [-0.2, -0.15) is 5.06 Å². The number of phenolic OH excluding ortho intramolecular Hbond substituents is 1. The minimum Gasteiger partial charge on any atom is -0.497 e. The predicted molar refractivity (Wildman–Crippen MR) is 96.5 cm³/mol. The Hall–Kier alpha value is -3.06. The van der Waals surface area contributed by atoms with Gasteiger partial charge in [-0.05, 0) is 40.5 Å². The summed E-state index contributed by atoms with van der Waals surface area (Å²) in [5, 5.41) is 58.1. The maximum absolute atomic E-state index is 11.5. The predicted octanol–water partition coefficient (Wildman–Crippen LogP) is 2.94. The lowest BCUT2D eigenvalue weighted by molar-refractivity contribution is -0.403. The van der Waals surface area contributed by atoms with Crippen molar-refractivity contribution < 1.29 is 25.1 Å². The van der Waals surface area contributed by atoms with Gasteiger partial charge < -0.3 is 15.6 Å². The Bertz CT molecular complexity index is 835. The van der Waals surface area contributed by atoms with Crippen molar-refractivity contribution in [3.8, 4) is 5.75 Å². The largest absolute Gasteiger partial charge is 0.497 e.